The average molecular weight is 390 g/mol. The van der Waals surface area contributed by atoms with Crippen LogP contribution in [0.2, 0.25) is 0 Å². The molecule has 0 saturated carbocycles. The Hall–Kier alpha value is -2.99. The highest BCUT2D eigenvalue weighted by Gasteiger charge is 2.53. The van der Waals surface area contributed by atoms with E-state index in [0.717, 1.165) is 11.1 Å². The minimum atomic E-state index is -1.02. The predicted molar refractivity (Wildman–Crippen MR) is 107 cm³/mol. The van der Waals surface area contributed by atoms with Crippen molar-refractivity contribution in [3.05, 3.63) is 85.4 Å². The van der Waals surface area contributed by atoms with Gasteiger partial charge in [0.05, 0.1) is 10.6 Å². The summed E-state index contributed by atoms with van der Waals surface area (Å²) in [5, 5.41) is 0. The summed E-state index contributed by atoms with van der Waals surface area (Å²) >= 11 is 1.34. The van der Waals surface area contributed by atoms with Gasteiger partial charge in [-0.05, 0) is 31.6 Å². The van der Waals surface area contributed by atoms with Crippen LogP contribution < -0.4 is 19.6 Å². The molecule has 140 valence electrons. The van der Waals surface area contributed by atoms with E-state index in [1.807, 2.05) is 67.6 Å². The Morgan fingerprint density at radius 2 is 1.89 bits per heavy atom. The van der Waals surface area contributed by atoms with E-state index in [4.69, 9.17) is 9.73 Å². The highest BCUT2D eigenvalue weighted by molar-refractivity contribution is 7.07. The van der Waals surface area contributed by atoms with Crippen LogP contribution in [-0.4, -0.2) is 16.1 Å². The molecule has 6 heteroatoms. The van der Waals surface area contributed by atoms with Gasteiger partial charge in [0, 0.05) is 5.56 Å². The number of hydrogen-bond donors (Lipinski definition) is 0. The molecule has 3 heterocycles. The lowest BCUT2D eigenvalue weighted by Gasteiger charge is -2.45. The summed E-state index contributed by atoms with van der Waals surface area (Å²) in [6, 6.07) is 16.9. The van der Waals surface area contributed by atoms with E-state index in [-0.39, 0.29) is 11.3 Å². The van der Waals surface area contributed by atoms with Crippen molar-refractivity contribution in [3.8, 4) is 5.75 Å². The Balaban J connectivity index is 1.83. The number of rotatable bonds is 2. The molecule has 2 aliphatic rings. The highest BCUT2D eigenvalue weighted by Crippen LogP contribution is 2.47. The Labute approximate surface area is 165 Å². The molecule has 3 unspecified atom stereocenters. The second kappa shape index (κ2) is 6.01. The normalized spacial score (nSPS) is 25.3. The van der Waals surface area contributed by atoms with Crippen LogP contribution in [0.25, 0.3) is 6.08 Å². The summed E-state index contributed by atoms with van der Waals surface area (Å²) in [5.41, 5.74) is 0.657. The first kappa shape index (κ1) is 17.1. The summed E-state index contributed by atoms with van der Waals surface area (Å²) in [6.07, 6.45) is 1.87. The van der Waals surface area contributed by atoms with Crippen molar-refractivity contribution in [2.45, 2.75) is 25.6 Å². The lowest BCUT2D eigenvalue weighted by Crippen LogP contribution is -2.58. The topological polar surface area (TPSA) is 60.7 Å². The first-order chi connectivity index (χ1) is 13.5. The number of thiazole rings is 1. The zero-order valence-electron chi connectivity index (χ0n) is 15.5. The van der Waals surface area contributed by atoms with E-state index in [1.165, 1.54) is 11.3 Å². The number of nitrogens with zero attached hydrogens (tertiary/aromatic N) is 2. The van der Waals surface area contributed by atoms with Gasteiger partial charge in [0.25, 0.3) is 5.56 Å². The number of carbonyl (C=O) groups is 1. The van der Waals surface area contributed by atoms with Crippen molar-refractivity contribution >= 4 is 23.2 Å². The molecule has 5 nitrogen and oxygen atoms in total. The van der Waals surface area contributed by atoms with Crippen molar-refractivity contribution in [1.82, 2.24) is 4.57 Å². The van der Waals surface area contributed by atoms with E-state index in [0.29, 0.717) is 15.1 Å². The van der Waals surface area contributed by atoms with Crippen molar-refractivity contribution in [3.63, 3.8) is 0 Å². The highest BCUT2D eigenvalue weighted by atomic mass is 32.1. The number of carbonyl (C=O) groups excluding carboxylic acids is 1. The Bertz CT molecular complexity index is 1280. The number of hydrogen-bond acceptors (Lipinski definition) is 5. The Morgan fingerprint density at radius 3 is 2.64 bits per heavy atom. The Kier molecular flexibility index (Phi) is 3.67. The molecule has 1 aromatic heterocycles. The molecule has 0 fully saturated rings. The zero-order valence-corrected chi connectivity index (χ0v) is 16.3. The van der Waals surface area contributed by atoms with Crippen LogP contribution >= 0.6 is 11.3 Å². The molecule has 2 aromatic carbocycles. The number of benzene rings is 2. The minimum Gasteiger partial charge on any atom is -0.465 e. The molecule has 28 heavy (non-hydrogen) atoms. The summed E-state index contributed by atoms with van der Waals surface area (Å²) in [6.45, 7) is 3.37. The average Bonchev–Trinajstić information content (AvgIpc) is 2.95. The first-order valence-electron chi connectivity index (χ1n) is 9.14. The fourth-order valence-electron chi connectivity index (χ4n) is 4.26. The second-order valence-corrected chi connectivity index (χ2v) is 8.33. The van der Waals surface area contributed by atoms with E-state index in [1.54, 1.807) is 11.5 Å². The summed E-state index contributed by atoms with van der Waals surface area (Å²) in [4.78, 5) is 31.2. The molecule has 5 rings (SSSR count). The third-order valence-electron chi connectivity index (χ3n) is 5.42. The van der Waals surface area contributed by atoms with Gasteiger partial charge in [-0.2, -0.15) is 0 Å². The molecular formula is C22H18N2O3S. The molecule has 0 spiro atoms. The van der Waals surface area contributed by atoms with Gasteiger partial charge in [0.2, 0.25) is 5.72 Å². The number of fused-ring (bicyclic) bond motifs is 6. The molecule has 0 aliphatic carbocycles. The van der Waals surface area contributed by atoms with Gasteiger partial charge in [0.15, 0.2) is 4.80 Å². The quantitative estimate of drug-likeness (QED) is 0.675. The second-order valence-electron chi connectivity index (χ2n) is 7.32. The van der Waals surface area contributed by atoms with Gasteiger partial charge in [-0.25, -0.2) is 4.99 Å². The fourth-order valence-corrected chi connectivity index (χ4v) is 5.36. The number of para-hydroxylation sites is 1. The van der Waals surface area contributed by atoms with Gasteiger partial charge in [-0.3, -0.25) is 14.2 Å². The fraction of sp³-hybridized carbons (Fsp3) is 0.227. The molecule has 0 radical (unpaired) electrons. The predicted octanol–water partition coefficient (Wildman–Crippen LogP) is 2.28. The van der Waals surface area contributed by atoms with Gasteiger partial charge in [0.1, 0.15) is 17.5 Å². The maximum Gasteiger partial charge on any atom is 0.270 e. The lowest BCUT2D eigenvalue weighted by molar-refractivity contribution is -0.132. The zero-order chi connectivity index (χ0) is 19.5. The van der Waals surface area contributed by atoms with E-state index in [2.05, 4.69) is 0 Å². The standard InChI is InChI=1S/C22H18N2O3S/c1-13(25)18-19-15-10-6-7-11-16(15)27-22(18,2)23-21-24(19)20(26)17(28-21)12-14-8-4-3-5-9-14/h3-12,18-19H,1-2H3. The van der Waals surface area contributed by atoms with E-state index < -0.39 is 17.7 Å². The van der Waals surface area contributed by atoms with Crippen LogP contribution in [0.5, 0.6) is 5.75 Å². The number of aromatic nitrogens is 1. The van der Waals surface area contributed by atoms with Crippen LogP contribution in [0.3, 0.4) is 0 Å². The van der Waals surface area contributed by atoms with E-state index in [9.17, 15) is 9.59 Å². The molecule has 2 bridgehead atoms. The molecule has 0 amide bonds. The third kappa shape index (κ3) is 2.41. The van der Waals surface area contributed by atoms with Gasteiger partial charge >= 0.3 is 0 Å². The molecule has 3 atom stereocenters. The van der Waals surface area contributed by atoms with Crippen LogP contribution in [0, 0.1) is 5.92 Å². The van der Waals surface area contributed by atoms with Crippen molar-refractivity contribution < 1.29 is 9.53 Å². The maximum absolute atomic E-state index is 13.3. The number of ketones is 1. The van der Waals surface area contributed by atoms with Crippen LogP contribution in [0.1, 0.15) is 31.0 Å². The number of Topliss-reactive ketones (excluding diaryl/α,β-unsaturated/α-hetero) is 1. The molecule has 0 saturated heterocycles. The van der Waals surface area contributed by atoms with Crippen molar-refractivity contribution in [2.24, 2.45) is 10.9 Å². The van der Waals surface area contributed by atoms with Crippen LogP contribution in [0.4, 0.5) is 0 Å². The minimum absolute atomic E-state index is 0.0388. The Morgan fingerprint density at radius 1 is 1.18 bits per heavy atom. The molecular weight excluding hydrogens is 372 g/mol. The SMILES string of the molecule is CC(=O)C1C2c3ccccc3OC1(C)N=c1sc(=Cc3ccccc3)c(=O)n12. The smallest absolute Gasteiger partial charge is 0.270 e. The third-order valence-corrected chi connectivity index (χ3v) is 6.40. The van der Waals surface area contributed by atoms with E-state index >= 15 is 0 Å². The van der Waals surface area contributed by atoms with Gasteiger partial charge in [-0.1, -0.05) is 59.9 Å². The lowest BCUT2D eigenvalue weighted by atomic mass is 9.79. The van der Waals surface area contributed by atoms with Gasteiger partial charge in [-0.15, -0.1) is 0 Å². The first-order valence-corrected chi connectivity index (χ1v) is 9.96. The van der Waals surface area contributed by atoms with Crippen LogP contribution in [0.15, 0.2) is 64.4 Å². The van der Waals surface area contributed by atoms with Crippen molar-refractivity contribution in [2.75, 3.05) is 0 Å². The molecule has 0 N–H and O–H groups in total. The summed E-state index contributed by atoms with van der Waals surface area (Å²) in [5.74, 6) is 0.0865. The number of ether oxygens (including phenoxy) is 1. The molecule has 3 aromatic rings. The van der Waals surface area contributed by atoms with Crippen molar-refractivity contribution in [1.29, 1.82) is 0 Å². The van der Waals surface area contributed by atoms with Gasteiger partial charge < -0.3 is 4.74 Å². The van der Waals surface area contributed by atoms with Crippen LogP contribution in [-0.2, 0) is 4.79 Å². The monoisotopic (exact) mass is 390 g/mol. The summed E-state index contributed by atoms with van der Waals surface area (Å²) < 4.78 is 8.46. The maximum atomic E-state index is 13.3. The molecule has 2 aliphatic heterocycles. The summed E-state index contributed by atoms with van der Waals surface area (Å²) in [7, 11) is 0. The largest absolute Gasteiger partial charge is 0.465 e.